The number of hydrogen-bond acceptors (Lipinski definition) is 3. The molecule has 5 nitrogen and oxygen atoms in total. The SMILES string of the molecule is NC(=O)C1(NC(=O)c2ccc(F)c(O)c2)CCCC1. The lowest BCUT2D eigenvalue weighted by atomic mass is 9.96. The highest BCUT2D eigenvalue weighted by atomic mass is 19.1. The summed E-state index contributed by atoms with van der Waals surface area (Å²) in [5.41, 5.74) is 4.41. The second-order valence-electron chi connectivity index (χ2n) is 4.77. The molecule has 102 valence electrons. The van der Waals surface area contributed by atoms with Crippen LogP contribution < -0.4 is 11.1 Å². The van der Waals surface area contributed by atoms with Crippen LogP contribution in [0.15, 0.2) is 18.2 Å². The van der Waals surface area contributed by atoms with E-state index < -0.39 is 28.9 Å². The molecule has 1 fully saturated rings. The Hall–Kier alpha value is -2.11. The second kappa shape index (κ2) is 4.87. The highest BCUT2D eigenvalue weighted by Gasteiger charge is 2.41. The molecule has 4 N–H and O–H groups in total. The minimum Gasteiger partial charge on any atom is -0.505 e. The third-order valence-corrected chi connectivity index (χ3v) is 3.49. The van der Waals surface area contributed by atoms with Gasteiger partial charge in [0.05, 0.1) is 0 Å². The van der Waals surface area contributed by atoms with Gasteiger partial charge in [-0.2, -0.15) is 0 Å². The Morgan fingerprint density at radius 1 is 1.32 bits per heavy atom. The average Bonchev–Trinajstić information content (AvgIpc) is 2.82. The fraction of sp³-hybridized carbons (Fsp3) is 0.385. The van der Waals surface area contributed by atoms with Gasteiger partial charge in [0, 0.05) is 5.56 Å². The summed E-state index contributed by atoms with van der Waals surface area (Å²) in [5.74, 6) is -2.52. The van der Waals surface area contributed by atoms with Crippen LogP contribution in [-0.2, 0) is 4.79 Å². The van der Waals surface area contributed by atoms with Crippen LogP contribution in [0.1, 0.15) is 36.0 Å². The minimum atomic E-state index is -1.03. The smallest absolute Gasteiger partial charge is 0.252 e. The summed E-state index contributed by atoms with van der Waals surface area (Å²) in [7, 11) is 0. The fourth-order valence-electron chi connectivity index (χ4n) is 2.35. The maximum absolute atomic E-state index is 12.9. The van der Waals surface area contributed by atoms with Crippen molar-refractivity contribution in [2.75, 3.05) is 0 Å². The van der Waals surface area contributed by atoms with Crippen LogP contribution in [0.3, 0.4) is 0 Å². The summed E-state index contributed by atoms with van der Waals surface area (Å²) < 4.78 is 12.9. The molecule has 0 saturated heterocycles. The van der Waals surface area contributed by atoms with E-state index in [2.05, 4.69) is 5.32 Å². The van der Waals surface area contributed by atoms with Crippen LogP contribution in [0.5, 0.6) is 5.75 Å². The maximum Gasteiger partial charge on any atom is 0.252 e. The molecule has 6 heteroatoms. The van der Waals surface area contributed by atoms with E-state index in [1.165, 1.54) is 6.07 Å². The Balaban J connectivity index is 2.20. The second-order valence-corrected chi connectivity index (χ2v) is 4.77. The number of rotatable bonds is 3. The monoisotopic (exact) mass is 266 g/mol. The molecular weight excluding hydrogens is 251 g/mol. The third-order valence-electron chi connectivity index (χ3n) is 3.49. The maximum atomic E-state index is 12.9. The predicted molar refractivity (Wildman–Crippen MR) is 65.9 cm³/mol. The summed E-state index contributed by atoms with van der Waals surface area (Å²) >= 11 is 0. The van der Waals surface area contributed by atoms with E-state index in [4.69, 9.17) is 5.73 Å². The van der Waals surface area contributed by atoms with Gasteiger partial charge < -0.3 is 16.2 Å². The molecule has 0 unspecified atom stereocenters. The molecule has 2 amide bonds. The van der Waals surface area contributed by atoms with E-state index in [-0.39, 0.29) is 5.56 Å². The molecule has 19 heavy (non-hydrogen) atoms. The fourth-order valence-corrected chi connectivity index (χ4v) is 2.35. The van der Waals surface area contributed by atoms with Crippen molar-refractivity contribution in [3.8, 4) is 5.75 Å². The molecule has 0 atom stereocenters. The van der Waals surface area contributed by atoms with Crippen molar-refractivity contribution < 1.29 is 19.1 Å². The normalized spacial score (nSPS) is 17.1. The zero-order valence-corrected chi connectivity index (χ0v) is 10.3. The highest BCUT2D eigenvalue weighted by Crippen LogP contribution is 2.30. The van der Waals surface area contributed by atoms with Crippen LogP contribution in [0.2, 0.25) is 0 Å². The first kappa shape index (κ1) is 13.3. The van der Waals surface area contributed by atoms with Crippen LogP contribution >= 0.6 is 0 Å². The van der Waals surface area contributed by atoms with Crippen LogP contribution in [0, 0.1) is 5.82 Å². The number of aromatic hydroxyl groups is 1. The number of hydrogen-bond donors (Lipinski definition) is 3. The van der Waals surface area contributed by atoms with Crippen molar-refractivity contribution in [3.63, 3.8) is 0 Å². The Morgan fingerprint density at radius 2 is 1.95 bits per heavy atom. The molecule has 2 rings (SSSR count). The summed E-state index contributed by atoms with van der Waals surface area (Å²) in [5, 5.41) is 11.8. The Labute approximate surface area is 109 Å². The number of halogens is 1. The van der Waals surface area contributed by atoms with Gasteiger partial charge in [-0.15, -0.1) is 0 Å². The molecule has 1 saturated carbocycles. The van der Waals surface area contributed by atoms with Gasteiger partial charge in [-0.25, -0.2) is 4.39 Å². The number of amides is 2. The molecule has 1 aromatic rings. The van der Waals surface area contributed by atoms with E-state index in [1.54, 1.807) is 0 Å². The van der Waals surface area contributed by atoms with Crippen molar-refractivity contribution >= 4 is 11.8 Å². The van der Waals surface area contributed by atoms with Gasteiger partial charge in [0.25, 0.3) is 5.91 Å². The first-order valence-electron chi connectivity index (χ1n) is 6.05. The molecule has 0 heterocycles. The number of phenols is 1. The number of nitrogens with one attached hydrogen (secondary N) is 1. The van der Waals surface area contributed by atoms with Crippen molar-refractivity contribution in [2.45, 2.75) is 31.2 Å². The quantitative estimate of drug-likeness (QED) is 0.763. The number of benzene rings is 1. The third kappa shape index (κ3) is 2.52. The first-order chi connectivity index (χ1) is 8.94. The molecule has 1 aliphatic rings. The van der Waals surface area contributed by atoms with Crippen molar-refractivity contribution in [2.24, 2.45) is 5.73 Å². The molecule has 0 aliphatic heterocycles. The Morgan fingerprint density at radius 3 is 2.47 bits per heavy atom. The topological polar surface area (TPSA) is 92.4 Å². The van der Waals surface area contributed by atoms with Crippen molar-refractivity contribution in [1.82, 2.24) is 5.32 Å². The van der Waals surface area contributed by atoms with Crippen molar-refractivity contribution in [1.29, 1.82) is 0 Å². The number of phenolic OH excluding ortho intramolecular Hbond substituents is 1. The number of nitrogens with two attached hydrogens (primary N) is 1. The van der Waals surface area contributed by atoms with E-state index in [9.17, 15) is 19.1 Å². The lowest BCUT2D eigenvalue weighted by molar-refractivity contribution is -0.123. The largest absolute Gasteiger partial charge is 0.505 e. The predicted octanol–water partition coefficient (Wildman–Crippen LogP) is 1.06. The van der Waals surface area contributed by atoms with Crippen molar-refractivity contribution in [3.05, 3.63) is 29.6 Å². The Kier molecular flexibility index (Phi) is 3.42. The summed E-state index contributed by atoms with van der Waals surface area (Å²) in [6.45, 7) is 0. The van der Waals surface area contributed by atoms with Gasteiger partial charge in [-0.1, -0.05) is 12.8 Å². The molecule has 1 aromatic carbocycles. The number of carbonyl (C=O) groups excluding carboxylic acids is 2. The Bertz CT molecular complexity index is 525. The highest BCUT2D eigenvalue weighted by molar-refractivity contribution is 5.99. The van der Waals surface area contributed by atoms with Crippen LogP contribution in [0.25, 0.3) is 0 Å². The summed E-state index contributed by atoms with van der Waals surface area (Å²) in [6.07, 6.45) is 2.64. The average molecular weight is 266 g/mol. The van der Waals surface area contributed by atoms with E-state index >= 15 is 0 Å². The number of primary amides is 1. The first-order valence-corrected chi connectivity index (χ1v) is 6.05. The van der Waals surface area contributed by atoms with Crippen LogP contribution in [0.4, 0.5) is 4.39 Å². The number of carbonyl (C=O) groups is 2. The molecule has 0 spiro atoms. The lowest BCUT2D eigenvalue weighted by Crippen LogP contribution is -2.55. The van der Waals surface area contributed by atoms with E-state index in [0.29, 0.717) is 12.8 Å². The van der Waals surface area contributed by atoms with Gasteiger partial charge in [-0.05, 0) is 31.0 Å². The van der Waals surface area contributed by atoms with Gasteiger partial charge in [0.1, 0.15) is 5.54 Å². The summed E-state index contributed by atoms with van der Waals surface area (Å²) in [6, 6.07) is 3.26. The minimum absolute atomic E-state index is 0.0893. The van der Waals surface area contributed by atoms with E-state index in [1.807, 2.05) is 0 Å². The zero-order valence-electron chi connectivity index (χ0n) is 10.3. The molecule has 0 aromatic heterocycles. The molecular formula is C13H15FN2O3. The van der Waals surface area contributed by atoms with Gasteiger partial charge >= 0.3 is 0 Å². The van der Waals surface area contributed by atoms with Crippen LogP contribution in [-0.4, -0.2) is 22.5 Å². The van der Waals surface area contributed by atoms with E-state index in [0.717, 1.165) is 25.0 Å². The standard InChI is InChI=1S/C13H15FN2O3/c14-9-4-3-8(7-10(9)17)11(18)16-13(12(15)19)5-1-2-6-13/h3-4,7,17H,1-2,5-6H2,(H2,15,19)(H,16,18). The van der Waals surface area contributed by atoms with Gasteiger partial charge in [-0.3, -0.25) is 9.59 Å². The molecule has 1 aliphatic carbocycles. The molecule has 0 radical (unpaired) electrons. The van der Waals surface area contributed by atoms with Gasteiger partial charge in [0.15, 0.2) is 11.6 Å². The zero-order chi connectivity index (χ0) is 14.0. The van der Waals surface area contributed by atoms with Gasteiger partial charge in [0.2, 0.25) is 5.91 Å². The summed E-state index contributed by atoms with van der Waals surface area (Å²) in [4.78, 5) is 23.5. The lowest BCUT2D eigenvalue weighted by Gasteiger charge is -2.26. The molecule has 0 bridgehead atoms.